The molecular weight excluding hydrogens is 420 g/mol. The quantitative estimate of drug-likeness (QED) is 0.465. The number of rotatable bonds is 11. The fraction of sp³-hybridized carbons (Fsp3) is 0.360. The van der Waals surface area contributed by atoms with Gasteiger partial charge >= 0.3 is 6.03 Å². The summed E-state index contributed by atoms with van der Waals surface area (Å²) in [4.78, 5) is 29.6. The summed E-state index contributed by atoms with van der Waals surface area (Å²) >= 11 is 0. The summed E-state index contributed by atoms with van der Waals surface area (Å²) in [6.45, 7) is 3.28. The predicted octanol–water partition coefficient (Wildman–Crippen LogP) is 4.49. The maximum Gasteiger partial charge on any atom is 0.322 e. The van der Waals surface area contributed by atoms with E-state index >= 15 is 0 Å². The highest BCUT2D eigenvalue weighted by molar-refractivity contribution is 5.92. The number of benzene rings is 1. The number of urea groups is 1. The molecule has 3 aromatic rings. The van der Waals surface area contributed by atoms with Crippen LogP contribution in [0.2, 0.25) is 0 Å². The number of nitrogens with zero attached hydrogens (tertiary/aromatic N) is 3. The van der Waals surface area contributed by atoms with E-state index in [9.17, 15) is 9.59 Å². The molecule has 176 valence electrons. The standard InChI is InChI=1S/C25H32N4O4/c1-4-5-15-28(25(31)26-20-10-12-22(32-3)13-11-20)19-24(30)29(18-23-9-7-16-33-23)17-21-8-6-14-27(21)2/h6-14,16H,4-5,15,17-19H2,1-3H3,(H,26,31). The second-order valence-electron chi connectivity index (χ2n) is 7.87. The number of hydrogen-bond donors (Lipinski definition) is 1. The summed E-state index contributed by atoms with van der Waals surface area (Å²) in [6, 6.07) is 14.4. The van der Waals surface area contributed by atoms with Gasteiger partial charge in [0.05, 0.1) is 26.5 Å². The lowest BCUT2D eigenvalue weighted by Gasteiger charge is -2.27. The van der Waals surface area contributed by atoms with Crippen LogP contribution >= 0.6 is 0 Å². The first-order chi connectivity index (χ1) is 16.0. The van der Waals surface area contributed by atoms with Crippen molar-refractivity contribution in [2.45, 2.75) is 32.9 Å². The smallest absolute Gasteiger partial charge is 0.322 e. The third kappa shape index (κ3) is 6.90. The van der Waals surface area contributed by atoms with Gasteiger partial charge in [-0.3, -0.25) is 4.79 Å². The van der Waals surface area contributed by atoms with Crippen molar-refractivity contribution >= 4 is 17.6 Å². The average Bonchev–Trinajstić information content (AvgIpc) is 3.48. The monoisotopic (exact) mass is 452 g/mol. The number of amides is 3. The van der Waals surface area contributed by atoms with Gasteiger partial charge in [-0.25, -0.2) is 4.79 Å². The molecule has 0 saturated carbocycles. The van der Waals surface area contributed by atoms with Gasteiger partial charge in [0.1, 0.15) is 18.1 Å². The molecule has 1 aromatic carbocycles. The number of nitrogens with one attached hydrogen (secondary N) is 1. The minimum Gasteiger partial charge on any atom is -0.497 e. The van der Waals surface area contributed by atoms with Gasteiger partial charge < -0.3 is 28.8 Å². The molecule has 8 nitrogen and oxygen atoms in total. The minimum absolute atomic E-state index is 0.0207. The Balaban J connectivity index is 1.72. The van der Waals surface area contributed by atoms with Crippen molar-refractivity contribution in [3.05, 3.63) is 72.4 Å². The third-order valence-corrected chi connectivity index (χ3v) is 5.42. The van der Waals surface area contributed by atoms with E-state index in [1.165, 1.54) is 0 Å². The number of anilines is 1. The Kier molecular flexibility index (Phi) is 8.57. The molecule has 0 spiro atoms. The van der Waals surface area contributed by atoms with Gasteiger partial charge in [-0.2, -0.15) is 0 Å². The molecule has 1 N–H and O–H groups in total. The van der Waals surface area contributed by atoms with Crippen LogP contribution in [-0.4, -0.2) is 46.5 Å². The Morgan fingerprint density at radius 1 is 1.06 bits per heavy atom. The predicted molar refractivity (Wildman–Crippen MR) is 127 cm³/mol. The number of carbonyl (C=O) groups excluding carboxylic acids is 2. The fourth-order valence-corrected chi connectivity index (χ4v) is 3.42. The van der Waals surface area contributed by atoms with Crippen LogP contribution in [0.3, 0.4) is 0 Å². The number of ether oxygens (including phenoxy) is 1. The summed E-state index contributed by atoms with van der Waals surface area (Å²) in [7, 11) is 3.54. The minimum atomic E-state index is -0.307. The Hall–Kier alpha value is -3.68. The first kappa shape index (κ1) is 24.0. The zero-order valence-corrected chi connectivity index (χ0v) is 19.5. The van der Waals surface area contributed by atoms with E-state index in [2.05, 4.69) is 12.2 Å². The van der Waals surface area contributed by atoms with E-state index in [0.717, 1.165) is 18.5 Å². The number of carbonyl (C=O) groups is 2. The van der Waals surface area contributed by atoms with Gasteiger partial charge in [0.25, 0.3) is 0 Å². The molecular formula is C25H32N4O4. The third-order valence-electron chi connectivity index (χ3n) is 5.42. The first-order valence-corrected chi connectivity index (χ1v) is 11.1. The highest BCUT2D eigenvalue weighted by Crippen LogP contribution is 2.16. The van der Waals surface area contributed by atoms with Crippen molar-refractivity contribution in [2.75, 3.05) is 25.5 Å². The molecule has 3 amide bonds. The van der Waals surface area contributed by atoms with E-state index in [-0.39, 0.29) is 18.5 Å². The van der Waals surface area contributed by atoms with E-state index in [1.807, 2.05) is 36.0 Å². The number of methoxy groups -OCH3 is 1. The Morgan fingerprint density at radius 2 is 1.85 bits per heavy atom. The maximum atomic E-state index is 13.4. The molecule has 0 aliphatic heterocycles. The molecule has 2 heterocycles. The van der Waals surface area contributed by atoms with Crippen LogP contribution in [0.1, 0.15) is 31.2 Å². The average molecular weight is 453 g/mol. The lowest BCUT2D eigenvalue weighted by Crippen LogP contribution is -2.44. The highest BCUT2D eigenvalue weighted by Gasteiger charge is 2.23. The lowest BCUT2D eigenvalue weighted by molar-refractivity contribution is -0.133. The highest BCUT2D eigenvalue weighted by atomic mass is 16.5. The van der Waals surface area contributed by atoms with E-state index in [0.29, 0.717) is 36.8 Å². The zero-order valence-electron chi connectivity index (χ0n) is 19.5. The molecule has 0 aliphatic rings. The summed E-state index contributed by atoms with van der Waals surface area (Å²) in [5, 5.41) is 2.88. The molecule has 0 fully saturated rings. The number of hydrogen-bond acceptors (Lipinski definition) is 4. The van der Waals surface area contributed by atoms with Gasteiger partial charge in [-0.1, -0.05) is 13.3 Å². The van der Waals surface area contributed by atoms with Crippen LogP contribution < -0.4 is 10.1 Å². The van der Waals surface area contributed by atoms with Crippen LogP contribution in [0.4, 0.5) is 10.5 Å². The van der Waals surface area contributed by atoms with Gasteiger partial charge in [-0.15, -0.1) is 0 Å². The summed E-state index contributed by atoms with van der Waals surface area (Å²) in [6.07, 6.45) is 5.26. The molecule has 0 bridgehead atoms. The van der Waals surface area contributed by atoms with Gasteiger partial charge in [-0.05, 0) is 55.0 Å². The Labute approximate surface area is 194 Å². The number of furan rings is 1. The number of aryl methyl sites for hydroxylation is 1. The molecule has 0 unspecified atom stereocenters. The largest absolute Gasteiger partial charge is 0.497 e. The van der Waals surface area contributed by atoms with Gasteiger partial charge in [0, 0.05) is 31.2 Å². The van der Waals surface area contributed by atoms with Crippen LogP contribution in [0.15, 0.2) is 65.4 Å². The van der Waals surface area contributed by atoms with E-state index < -0.39 is 0 Å². The van der Waals surface area contributed by atoms with Crippen molar-refractivity contribution in [1.82, 2.24) is 14.4 Å². The molecule has 8 heteroatoms. The second kappa shape index (κ2) is 11.8. The Bertz CT molecular complexity index is 1010. The Morgan fingerprint density at radius 3 is 2.45 bits per heavy atom. The summed E-state index contributed by atoms with van der Waals surface area (Å²) in [5.74, 6) is 1.26. The van der Waals surface area contributed by atoms with E-state index in [4.69, 9.17) is 9.15 Å². The van der Waals surface area contributed by atoms with Crippen molar-refractivity contribution in [1.29, 1.82) is 0 Å². The summed E-state index contributed by atoms with van der Waals surface area (Å²) in [5.41, 5.74) is 1.64. The van der Waals surface area contributed by atoms with Crippen molar-refractivity contribution in [2.24, 2.45) is 7.05 Å². The van der Waals surface area contributed by atoms with E-state index in [1.54, 1.807) is 53.5 Å². The molecule has 2 aromatic heterocycles. The van der Waals surface area contributed by atoms with Gasteiger partial charge in [0.2, 0.25) is 5.91 Å². The maximum absolute atomic E-state index is 13.4. The molecule has 3 rings (SSSR count). The van der Waals surface area contributed by atoms with Crippen molar-refractivity contribution in [3.63, 3.8) is 0 Å². The normalized spacial score (nSPS) is 10.6. The molecule has 0 atom stereocenters. The molecule has 0 aliphatic carbocycles. The lowest BCUT2D eigenvalue weighted by atomic mass is 10.2. The van der Waals surface area contributed by atoms with Gasteiger partial charge in [0.15, 0.2) is 0 Å². The van der Waals surface area contributed by atoms with Crippen LogP contribution in [0.25, 0.3) is 0 Å². The molecule has 0 saturated heterocycles. The fourth-order valence-electron chi connectivity index (χ4n) is 3.42. The van der Waals surface area contributed by atoms with Crippen LogP contribution in [-0.2, 0) is 24.9 Å². The van der Waals surface area contributed by atoms with Crippen LogP contribution in [0, 0.1) is 0 Å². The number of unbranched alkanes of at least 4 members (excludes halogenated alkanes) is 1. The second-order valence-corrected chi connectivity index (χ2v) is 7.87. The molecule has 0 radical (unpaired) electrons. The topological polar surface area (TPSA) is 80.0 Å². The first-order valence-electron chi connectivity index (χ1n) is 11.1. The zero-order chi connectivity index (χ0) is 23.6. The van der Waals surface area contributed by atoms with Crippen LogP contribution in [0.5, 0.6) is 5.75 Å². The summed E-state index contributed by atoms with van der Waals surface area (Å²) < 4.78 is 12.6. The molecule has 33 heavy (non-hydrogen) atoms. The van der Waals surface area contributed by atoms with Crippen molar-refractivity contribution in [3.8, 4) is 5.75 Å². The SMILES string of the molecule is CCCCN(CC(=O)N(Cc1ccco1)Cc1cccn1C)C(=O)Nc1ccc(OC)cc1. The van der Waals surface area contributed by atoms with Crippen molar-refractivity contribution < 1.29 is 18.7 Å². The number of aromatic nitrogens is 1.